The number of benzene rings is 2. The molecule has 0 fully saturated rings. The van der Waals surface area contributed by atoms with Crippen LogP contribution in [0.1, 0.15) is 24.5 Å². The minimum atomic E-state index is -0.359. The van der Waals surface area contributed by atoms with Crippen molar-refractivity contribution in [2.75, 3.05) is 6.54 Å². The van der Waals surface area contributed by atoms with E-state index in [9.17, 15) is 9.50 Å². The van der Waals surface area contributed by atoms with Crippen LogP contribution >= 0.6 is 0 Å². The van der Waals surface area contributed by atoms with E-state index in [0.29, 0.717) is 19.5 Å². The normalized spacial score (nSPS) is 12.6. The molecule has 0 spiro atoms. The fraction of sp³-hybridized carbons (Fsp3) is 0.333. The first-order valence-corrected chi connectivity index (χ1v) is 7.36. The molecule has 112 valence electrons. The summed E-state index contributed by atoms with van der Waals surface area (Å²) < 4.78 is 13.3. The minimum Gasteiger partial charge on any atom is -0.392 e. The summed E-state index contributed by atoms with van der Waals surface area (Å²) in [5.74, 6) is -0.219. The van der Waals surface area contributed by atoms with E-state index in [1.807, 2.05) is 31.2 Å². The highest BCUT2D eigenvalue weighted by molar-refractivity contribution is 5.18. The van der Waals surface area contributed by atoms with Gasteiger partial charge in [0, 0.05) is 19.6 Å². The van der Waals surface area contributed by atoms with E-state index in [-0.39, 0.29) is 11.9 Å². The van der Waals surface area contributed by atoms with Crippen LogP contribution in [-0.4, -0.2) is 22.7 Å². The van der Waals surface area contributed by atoms with Crippen molar-refractivity contribution in [1.29, 1.82) is 0 Å². The third-order valence-corrected chi connectivity index (χ3v) is 3.48. The molecule has 3 heteroatoms. The summed E-state index contributed by atoms with van der Waals surface area (Å²) >= 11 is 0. The first-order valence-electron chi connectivity index (χ1n) is 7.36. The van der Waals surface area contributed by atoms with Crippen LogP contribution < -0.4 is 0 Å². The van der Waals surface area contributed by atoms with Crippen molar-refractivity contribution < 1.29 is 9.50 Å². The third kappa shape index (κ3) is 5.29. The fourth-order valence-electron chi connectivity index (χ4n) is 2.35. The smallest absolute Gasteiger partial charge is 0.123 e. The summed E-state index contributed by atoms with van der Waals surface area (Å²) in [5, 5.41) is 9.92. The van der Waals surface area contributed by atoms with E-state index in [2.05, 4.69) is 17.0 Å². The lowest BCUT2D eigenvalue weighted by Gasteiger charge is -2.25. The van der Waals surface area contributed by atoms with Crippen molar-refractivity contribution in [2.24, 2.45) is 0 Å². The molecule has 0 heterocycles. The molecule has 21 heavy (non-hydrogen) atoms. The predicted molar refractivity (Wildman–Crippen MR) is 83.3 cm³/mol. The molecule has 2 aromatic rings. The molecule has 0 bridgehead atoms. The summed E-state index contributed by atoms with van der Waals surface area (Å²) in [4.78, 5) is 2.15. The lowest BCUT2D eigenvalue weighted by Crippen LogP contribution is -2.31. The number of nitrogens with zero attached hydrogens (tertiary/aromatic N) is 1. The SMILES string of the molecule is CCC(O)CN(Cc1ccccc1)Cc1cccc(F)c1. The molecule has 0 aromatic heterocycles. The second kappa shape index (κ2) is 7.91. The van der Waals surface area contributed by atoms with E-state index < -0.39 is 0 Å². The molecular weight excluding hydrogens is 265 g/mol. The maximum absolute atomic E-state index is 13.3. The summed E-state index contributed by atoms with van der Waals surface area (Å²) in [7, 11) is 0. The van der Waals surface area contributed by atoms with Gasteiger partial charge in [-0.05, 0) is 29.7 Å². The zero-order valence-electron chi connectivity index (χ0n) is 12.4. The predicted octanol–water partition coefficient (Wildman–Crippen LogP) is 3.60. The Hall–Kier alpha value is -1.71. The van der Waals surface area contributed by atoms with Gasteiger partial charge >= 0.3 is 0 Å². The Kier molecular flexibility index (Phi) is 5.90. The molecule has 1 atom stereocenters. The van der Waals surface area contributed by atoms with Gasteiger partial charge in [0.2, 0.25) is 0 Å². The topological polar surface area (TPSA) is 23.5 Å². The Bertz CT molecular complexity index is 544. The lowest BCUT2D eigenvalue weighted by atomic mass is 10.1. The monoisotopic (exact) mass is 287 g/mol. The zero-order chi connectivity index (χ0) is 15.1. The molecule has 1 unspecified atom stereocenters. The molecule has 2 rings (SSSR count). The van der Waals surface area contributed by atoms with Gasteiger partial charge in [-0.15, -0.1) is 0 Å². The van der Waals surface area contributed by atoms with Gasteiger partial charge in [0.25, 0.3) is 0 Å². The molecule has 0 aliphatic carbocycles. The molecule has 2 aromatic carbocycles. The Morgan fingerprint density at radius 1 is 1.00 bits per heavy atom. The van der Waals surface area contributed by atoms with Gasteiger partial charge in [0.05, 0.1) is 6.10 Å². The second-order valence-corrected chi connectivity index (χ2v) is 5.35. The van der Waals surface area contributed by atoms with Crippen LogP contribution in [-0.2, 0) is 13.1 Å². The zero-order valence-corrected chi connectivity index (χ0v) is 12.4. The standard InChI is InChI=1S/C18H22FNO/c1-2-18(21)14-20(12-15-7-4-3-5-8-15)13-16-9-6-10-17(19)11-16/h3-11,18,21H,2,12-14H2,1H3. The molecule has 0 saturated carbocycles. The van der Waals surface area contributed by atoms with E-state index >= 15 is 0 Å². The van der Waals surface area contributed by atoms with Crippen LogP contribution in [0.4, 0.5) is 4.39 Å². The van der Waals surface area contributed by atoms with Crippen LogP contribution in [0, 0.1) is 5.82 Å². The first-order chi connectivity index (χ1) is 10.2. The lowest BCUT2D eigenvalue weighted by molar-refractivity contribution is 0.101. The molecule has 0 aliphatic rings. The van der Waals surface area contributed by atoms with E-state index in [1.54, 1.807) is 12.1 Å². The van der Waals surface area contributed by atoms with Crippen molar-refractivity contribution in [3.63, 3.8) is 0 Å². The van der Waals surface area contributed by atoms with Crippen molar-refractivity contribution in [2.45, 2.75) is 32.5 Å². The van der Waals surface area contributed by atoms with Gasteiger partial charge in [-0.25, -0.2) is 4.39 Å². The van der Waals surface area contributed by atoms with Crippen molar-refractivity contribution in [3.8, 4) is 0 Å². The maximum atomic E-state index is 13.3. The Balaban J connectivity index is 2.08. The molecule has 0 aliphatic heterocycles. The number of rotatable bonds is 7. The van der Waals surface area contributed by atoms with Gasteiger partial charge in [-0.3, -0.25) is 4.90 Å². The molecule has 2 nitrogen and oxygen atoms in total. The quantitative estimate of drug-likeness (QED) is 0.841. The molecule has 0 saturated heterocycles. The van der Waals surface area contributed by atoms with Gasteiger partial charge in [-0.1, -0.05) is 49.4 Å². The van der Waals surface area contributed by atoms with Crippen LogP contribution in [0.25, 0.3) is 0 Å². The molecule has 0 amide bonds. The van der Waals surface area contributed by atoms with Crippen molar-refractivity contribution in [1.82, 2.24) is 4.90 Å². The molecule has 1 N–H and O–H groups in total. The number of halogens is 1. The summed E-state index contributed by atoms with van der Waals surface area (Å²) in [6.07, 6.45) is 0.358. The fourth-order valence-corrected chi connectivity index (χ4v) is 2.35. The van der Waals surface area contributed by atoms with Gasteiger partial charge in [0.1, 0.15) is 5.82 Å². The Morgan fingerprint density at radius 2 is 1.67 bits per heavy atom. The molecular formula is C18H22FNO. The van der Waals surface area contributed by atoms with E-state index in [4.69, 9.17) is 0 Å². The molecule has 0 radical (unpaired) electrons. The third-order valence-electron chi connectivity index (χ3n) is 3.48. The van der Waals surface area contributed by atoms with Crippen LogP contribution in [0.5, 0.6) is 0 Å². The van der Waals surface area contributed by atoms with Crippen LogP contribution in [0.3, 0.4) is 0 Å². The first kappa shape index (κ1) is 15.7. The van der Waals surface area contributed by atoms with Crippen LogP contribution in [0.2, 0.25) is 0 Å². The van der Waals surface area contributed by atoms with Crippen LogP contribution in [0.15, 0.2) is 54.6 Å². The second-order valence-electron chi connectivity index (χ2n) is 5.35. The van der Waals surface area contributed by atoms with E-state index in [0.717, 1.165) is 12.1 Å². The van der Waals surface area contributed by atoms with Crippen molar-refractivity contribution >= 4 is 0 Å². The number of hydrogen-bond donors (Lipinski definition) is 1. The highest BCUT2D eigenvalue weighted by atomic mass is 19.1. The van der Waals surface area contributed by atoms with Gasteiger partial charge in [0.15, 0.2) is 0 Å². The maximum Gasteiger partial charge on any atom is 0.123 e. The van der Waals surface area contributed by atoms with Gasteiger partial charge < -0.3 is 5.11 Å². The number of aliphatic hydroxyl groups excluding tert-OH is 1. The average Bonchev–Trinajstić information content (AvgIpc) is 2.48. The Morgan fingerprint density at radius 3 is 2.33 bits per heavy atom. The van der Waals surface area contributed by atoms with Gasteiger partial charge in [-0.2, -0.15) is 0 Å². The Labute approximate surface area is 125 Å². The number of hydrogen-bond acceptors (Lipinski definition) is 2. The average molecular weight is 287 g/mol. The number of aliphatic hydroxyl groups is 1. The van der Waals surface area contributed by atoms with E-state index in [1.165, 1.54) is 11.6 Å². The van der Waals surface area contributed by atoms with Crippen molar-refractivity contribution in [3.05, 3.63) is 71.5 Å². The summed E-state index contributed by atoms with van der Waals surface area (Å²) in [5.41, 5.74) is 2.12. The highest BCUT2D eigenvalue weighted by Gasteiger charge is 2.12. The summed E-state index contributed by atoms with van der Waals surface area (Å²) in [6.45, 7) is 3.92. The largest absolute Gasteiger partial charge is 0.392 e. The minimum absolute atomic E-state index is 0.219. The summed E-state index contributed by atoms with van der Waals surface area (Å²) in [6, 6.07) is 16.8. The highest BCUT2D eigenvalue weighted by Crippen LogP contribution is 2.12.